The maximum atomic E-state index is 12.7. The molecule has 0 bridgehead atoms. The Morgan fingerprint density at radius 1 is 1.12 bits per heavy atom. The first-order valence-electron chi connectivity index (χ1n) is 8.30. The number of carbonyl (C=O) groups is 2. The molecule has 3 rings (SSSR count). The van der Waals surface area contributed by atoms with Crippen LogP contribution in [0.15, 0.2) is 36.4 Å². The quantitative estimate of drug-likeness (QED) is 0.893. The fraction of sp³-hybridized carbons (Fsp3) is 0.300. The van der Waals surface area contributed by atoms with Crippen LogP contribution in [0.4, 0.5) is 11.4 Å². The van der Waals surface area contributed by atoms with E-state index in [1.807, 2.05) is 32.9 Å². The van der Waals surface area contributed by atoms with Crippen molar-refractivity contribution in [1.29, 1.82) is 0 Å². The van der Waals surface area contributed by atoms with Crippen LogP contribution in [0.1, 0.15) is 23.1 Å². The standard InChI is InChI=1S/C20H21ClN2O2/c1-12-8-13(2)19(14(3)9-12)22-20(25)15-10-18(24)23(11-15)17-6-4-16(21)5-7-17/h4-9,15H,10-11H2,1-3H3,(H,22,25)/t15-/m1/s1. The average molecular weight is 357 g/mol. The summed E-state index contributed by atoms with van der Waals surface area (Å²) in [4.78, 5) is 26.6. The van der Waals surface area contributed by atoms with Crippen molar-refractivity contribution in [1.82, 2.24) is 0 Å². The van der Waals surface area contributed by atoms with Crippen LogP contribution in [0, 0.1) is 26.7 Å². The molecule has 0 radical (unpaired) electrons. The molecule has 130 valence electrons. The normalized spacial score (nSPS) is 17.0. The molecular formula is C20H21ClN2O2. The largest absolute Gasteiger partial charge is 0.325 e. The van der Waals surface area contributed by atoms with Crippen molar-refractivity contribution in [2.45, 2.75) is 27.2 Å². The minimum absolute atomic E-state index is 0.0418. The van der Waals surface area contributed by atoms with Crippen LogP contribution in [0.5, 0.6) is 0 Å². The first kappa shape index (κ1) is 17.5. The molecule has 1 saturated heterocycles. The molecule has 25 heavy (non-hydrogen) atoms. The maximum absolute atomic E-state index is 12.7. The number of nitrogens with one attached hydrogen (secondary N) is 1. The van der Waals surface area contributed by atoms with E-state index in [1.54, 1.807) is 29.2 Å². The van der Waals surface area contributed by atoms with Crippen LogP contribution in [0.3, 0.4) is 0 Å². The predicted molar refractivity (Wildman–Crippen MR) is 101 cm³/mol. The highest BCUT2D eigenvalue weighted by atomic mass is 35.5. The van der Waals surface area contributed by atoms with Crippen molar-refractivity contribution in [3.8, 4) is 0 Å². The number of benzene rings is 2. The summed E-state index contributed by atoms with van der Waals surface area (Å²) in [5.41, 5.74) is 4.84. The van der Waals surface area contributed by atoms with Crippen molar-refractivity contribution in [2.24, 2.45) is 5.92 Å². The second-order valence-electron chi connectivity index (χ2n) is 6.64. The Morgan fingerprint density at radius 3 is 2.32 bits per heavy atom. The number of halogens is 1. The van der Waals surface area contributed by atoms with Gasteiger partial charge in [-0.05, 0) is 56.2 Å². The van der Waals surface area contributed by atoms with Gasteiger partial charge in [0.1, 0.15) is 0 Å². The molecule has 5 heteroatoms. The zero-order valence-electron chi connectivity index (χ0n) is 14.6. The lowest BCUT2D eigenvalue weighted by atomic mass is 10.0. The van der Waals surface area contributed by atoms with Gasteiger partial charge in [0, 0.05) is 29.4 Å². The zero-order valence-corrected chi connectivity index (χ0v) is 15.4. The zero-order chi connectivity index (χ0) is 18.1. The Kier molecular flexibility index (Phi) is 4.82. The van der Waals surface area contributed by atoms with Gasteiger partial charge in [0.2, 0.25) is 11.8 Å². The van der Waals surface area contributed by atoms with Gasteiger partial charge in [-0.15, -0.1) is 0 Å². The van der Waals surface area contributed by atoms with Crippen LogP contribution < -0.4 is 10.2 Å². The van der Waals surface area contributed by atoms with Crippen LogP contribution in [-0.2, 0) is 9.59 Å². The SMILES string of the molecule is Cc1cc(C)c(NC(=O)[C@@H]2CC(=O)N(c3ccc(Cl)cc3)C2)c(C)c1. The van der Waals surface area contributed by atoms with Crippen LogP contribution in [-0.4, -0.2) is 18.4 Å². The number of amides is 2. The maximum Gasteiger partial charge on any atom is 0.229 e. The summed E-state index contributed by atoms with van der Waals surface area (Å²) in [5, 5.41) is 3.63. The summed E-state index contributed by atoms with van der Waals surface area (Å²) in [6, 6.07) is 11.2. The van der Waals surface area contributed by atoms with Crippen molar-refractivity contribution in [3.05, 3.63) is 58.1 Å². The lowest BCUT2D eigenvalue weighted by molar-refractivity contribution is -0.122. The van der Waals surface area contributed by atoms with Gasteiger partial charge in [-0.25, -0.2) is 0 Å². The van der Waals surface area contributed by atoms with Gasteiger partial charge in [0.05, 0.1) is 5.92 Å². The van der Waals surface area contributed by atoms with Crippen molar-refractivity contribution in [3.63, 3.8) is 0 Å². The molecule has 2 aromatic carbocycles. The highest BCUT2D eigenvalue weighted by molar-refractivity contribution is 6.30. The lowest BCUT2D eigenvalue weighted by Crippen LogP contribution is -2.28. The number of rotatable bonds is 3. The van der Waals surface area contributed by atoms with E-state index in [0.717, 1.165) is 28.1 Å². The highest BCUT2D eigenvalue weighted by Crippen LogP contribution is 2.28. The van der Waals surface area contributed by atoms with E-state index in [0.29, 0.717) is 11.6 Å². The molecule has 1 heterocycles. The molecule has 1 aliphatic heterocycles. The van der Waals surface area contributed by atoms with Gasteiger partial charge in [-0.3, -0.25) is 9.59 Å². The third-order valence-electron chi connectivity index (χ3n) is 4.56. The minimum Gasteiger partial charge on any atom is -0.325 e. The Labute approximate surface area is 152 Å². The van der Waals surface area contributed by atoms with E-state index in [1.165, 1.54) is 0 Å². The second-order valence-corrected chi connectivity index (χ2v) is 7.08. The van der Waals surface area contributed by atoms with Gasteiger partial charge in [-0.2, -0.15) is 0 Å². The third kappa shape index (κ3) is 3.69. The molecule has 0 spiro atoms. The summed E-state index contributed by atoms with van der Waals surface area (Å²) in [6.07, 6.45) is 0.221. The van der Waals surface area contributed by atoms with E-state index in [-0.39, 0.29) is 24.2 Å². The lowest BCUT2D eigenvalue weighted by Gasteiger charge is -2.18. The van der Waals surface area contributed by atoms with E-state index >= 15 is 0 Å². The molecule has 2 amide bonds. The Bertz CT molecular complexity index is 807. The van der Waals surface area contributed by atoms with Gasteiger partial charge in [0.15, 0.2) is 0 Å². The summed E-state index contributed by atoms with van der Waals surface area (Å²) >= 11 is 5.90. The van der Waals surface area contributed by atoms with Crippen molar-refractivity contribution in [2.75, 3.05) is 16.8 Å². The Morgan fingerprint density at radius 2 is 1.72 bits per heavy atom. The van der Waals surface area contributed by atoms with E-state index in [2.05, 4.69) is 5.32 Å². The van der Waals surface area contributed by atoms with Crippen molar-refractivity contribution < 1.29 is 9.59 Å². The topological polar surface area (TPSA) is 49.4 Å². The number of anilines is 2. The van der Waals surface area contributed by atoms with Crippen molar-refractivity contribution >= 4 is 34.8 Å². The molecule has 1 N–H and O–H groups in total. The fourth-order valence-electron chi connectivity index (χ4n) is 3.36. The molecule has 0 unspecified atom stereocenters. The molecule has 1 fully saturated rings. The molecule has 0 saturated carbocycles. The number of nitrogens with zero attached hydrogens (tertiary/aromatic N) is 1. The monoisotopic (exact) mass is 356 g/mol. The van der Waals surface area contributed by atoms with E-state index < -0.39 is 0 Å². The highest BCUT2D eigenvalue weighted by Gasteiger charge is 2.35. The minimum atomic E-state index is -0.358. The number of hydrogen-bond acceptors (Lipinski definition) is 2. The first-order chi connectivity index (χ1) is 11.8. The molecule has 2 aromatic rings. The molecule has 4 nitrogen and oxygen atoms in total. The first-order valence-corrected chi connectivity index (χ1v) is 8.67. The van der Waals surface area contributed by atoms with Gasteiger partial charge in [0.25, 0.3) is 0 Å². The van der Waals surface area contributed by atoms with E-state index in [4.69, 9.17) is 11.6 Å². The Hall–Kier alpha value is -2.33. The molecule has 1 aliphatic rings. The molecule has 0 aromatic heterocycles. The number of carbonyl (C=O) groups excluding carboxylic acids is 2. The average Bonchev–Trinajstić information content (AvgIpc) is 2.93. The van der Waals surface area contributed by atoms with Crippen LogP contribution in [0.2, 0.25) is 5.02 Å². The predicted octanol–water partition coefficient (Wildman–Crippen LogP) is 4.26. The summed E-state index contributed by atoms with van der Waals surface area (Å²) < 4.78 is 0. The number of hydrogen-bond donors (Lipinski definition) is 1. The summed E-state index contributed by atoms with van der Waals surface area (Å²) in [6.45, 7) is 6.38. The molecular weight excluding hydrogens is 336 g/mol. The summed E-state index contributed by atoms with van der Waals surface area (Å²) in [5.74, 6) is -0.511. The second kappa shape index (κ2) is 6.89. The fourth-order valence-corrected chi connectivity index (χ4v) is 3.48. The van der Waals surface area contributed by atoms with Crippen LogP contribution in [0.25, 0.3) is 0 Å². The number of aryl methyl sites for hydroxylation is 3. The van der Waals surface area contributed by atoms with Gasteiger partial charge < -0.3 is 10.2 Å². The Balaban J connectivity index is 1.74. The van der Waals surface area contributed by atoms with Gasteiger partial charge >= 0.3 is 0 Å². The van der Waals surface area contributed by atoms with E-state index in [9.17, 15) is 9.59 Å². The molecule has 0 aliphatic carbocycles. The van der Waals surface area contributed by atoms with Crippen LogP contribution >= 0.6 is 11.6 Å². The molecule has 1 atom stereocenters. The summed E-state index contributed by atoms with van der Waals surface area (Å²) in [7, 11) is 0. The van der Waals surface area contributed by atoms with Gasteiger partial charge in [-0.1, -0.05) is 29.3 Å². The smallest absolute Gasteiger partial charge is 0.229 e. The third-order valence-corrected chi connectivity index (χ3v) is 4.81.